The molecule has 0 amide bonds. The highest BCUT2D eigenvalue weighted by Crippen LogP contribution is 2.56. The van der Waals surface area contributed by atoms with Crippen molar-refractivity contribution in [2.75, 3.05) is 20.7 Å². The number of ether oxygens (including phenoxy) is 1. The van der Waals surface area contributed by atoms with Crippen LogP contribution in [-0.2, 0) is 5.41 Å². The Hall–Kier alpha value is -2.12. The maximum atomic E-state index is 6.85. The summed E-state index contributed by atoms with van der Waals surface area (Å²) in [7, 11) is 3.59. The van der Waals surface area contributed by atoms with Crippen LogP contribution in [0.25, 0.3) is 5.69 Å². The summed E-state index contributed by atoms with van der Waals surface area (Å²) in [4.78, 5) is 4.83. The molecule has 2 aliphatic heterocycles. The number of nitrogens with one attached hydrogen (secondary N) is 2. The van der Waals surface area contributed by atoms with Gasteiger partial charge in [0.05, 0.1) is 35.5 Å². The topological polar surface area (TPSA) is 76.4 Å². The summed E-state index contributed by atoms with van der Waals surface area (Å²) in [5.41, 5.74) is 3.57. The van der Waals surface area contributed by atoms with Crippen LogP contribution >= 0.6 is 11.6 Å². The lowest BCUT2D eigenvalue weighted by Gasteiger charge is -2.40. The number of likely N-dealkylation sites (N-methyl/N-ethyl adjacent to an activating group) is 1. The van der Waals surface area contributed by atoms with Crippen LogP contribution in [0.15, 0.2) is 17.3 Å². The largest absolute Gasteiger partial charge is 0.494 e. The number of rotatable bonds is 3. The lowest BCUT2D eigenvalue weighted by Crippen LogP contribution is -2.45. The van der Waals surface area contributed by atoms with Crippen LogP contribution < -0.4 is 15.4 Å². The number of benzene rings is 1. The fourth-order valence-corrected chi connectivity index (χ4v) is 4.93. The van der Waals surface area contributed by atoms with E-state index in [9.17, 15) is 0 Å². The minimum atomic E-state index is -0.0408. The molecule has 5 rings (SSSR count). The highest BCUT2D eigenvalue weighted by atomic mass is 35.5. The number of aromatic nitrogens is 3. The number of hydrogen-bond acceptors (Lipinski definition) is 6. The third kappa shape index (κ3) is 2.34. The van der Waals surface area contributed by atoms with Crippen LogP contribution in [0.3, 0.4) is 0 Å². The molecule has 7 nitrogen and oxygen atoms in total. The third-order valence-electron chi connectivity index (χ3n) is 6.19. The Labute approximate surface area is 163 Å². The molecule has 2 N–H and O–H groups in total. The van der Waals surface area contributed by atoms with Crippen molar-refractivity contribution in [2.45, 2.75) is 43.6 Å². The molecule has 0 bridgehead atoms. The van der Waals surface area contributed by atoms with Gasteiger partial charge in [0.2, 0.25) is 0 Å². The molecule has 8 heteroatoms. The Morgan fingerprint density at radius 1 is 1.37 bits per heavy atom. The first kappa shape index (κ1) is 17.0. The molecule has 1 aromatic carbocycles. The smallest absolute Gasteiger partial charge is 0.146 e. The normalized spacial score (nSPS) is 22.5. The summed E-state index contributed by atoms with van der Waals surface area (Å²) >= 11 is 6.85. The van der Waals surface area contributed by atoms with E-state index in [1.807, 2.05) is 13.2 Å². The molecule has 3 aliphatic rings. The van der Waals surface area contributed by atoms with Gasteiger partial charge in [-0.1, -0.05) is 23.2 Å². The first-order valence-electron chi connectivity index (χ1n) is 9.52. The zero-order chi connectivity index (χ0) is 18.6. The molecule has 1 spiro atoms. The molecular formula is C19H23ClN6O. The van der Waals surface area contributed by atoms with Gasteiger partial charge in [0.25, 0.3) is 0 Å². The Morgan fingerprint density at radius 2 is 2.22 bits per heavy atom. The maximum Gasteiger partial charge on any atom is 0.146 e. The lowest BCUT2D eigenvalue weighted by molar-refractivity contribution is 0.338. The van der Waals surface area contributed by atoms with Gasteiger partial charge in [0.15, 0.2) is 0 Å². The highest BCUT2D eigenvalue weighted by Gasteiger charge is 2.49. The minimum Gasteiger partial charge on any atom is -0.494 e. The fourth-order valence-electron chi connectivity index (χ4n) is 4.61. The number of halogens is 1. The summed E-state index contributed by atoms with van der Waals surface area (Å²) in [6.45, 7) is 1.02. The summed E-state index contributed by atoms with van der Waals surface area (Å²) < 4.78 is 7.43. The van der Waals surface area contributed by atoms with E-state index in [2.05, 4.69) is 27.0 Å². The van der Waals surface area contributed by atoms with Gasteiger partial charge in [-0.05, 0) is 43.9 Å². The third-order valence-corrected chi connectivity index (χ3v) is 6.55. The van der Waals surface area contributed by atoms with E-state index < -0.39 is 0 Å². The van der Waals surface area contributed by atoms with Gasteiger partial charge < -0.3 is 15.4 Å². The van der Waals surface area contributed by atoms with Crippen molar-refractivity contribution in [1.29, 1.82) is 0 Å². The van der Waals surface area contributed by atoms with Crippen LogP contribution in [0.4, 0.5) is 5.69 Å². The fraction of sp³-hybridized carbons (Fsp3) is 0.526. The molecular weight excluding hydrogens is 364 g/mol. The second-order valence-corrected chi connectivity index (χ2v) is 7.90. The first-order valence-corrected chi connectivity index (χ1v) is 9.89. The van der Waals surface area contributed by atoms with Crippen LogP contribution in [-0.4, -0.2) is 41.5 Å². The molecule has 2 aromatic rings. The number of methoxy groups -OCH3 is 1. The second-order valence-electron chi connectivity index (χ2n) is 7.52. The van der Waals surface area contributed by atoms with E-state index in [1.165, 1.54) is 6.42 Å². The molecule has 1 atom stereocenters. The van der Waals surface area contributed by atoms with Gasteiger partial charge in [-0.15, -0.1) is 5.10 Å². The van der Waals surface area contributed by atoms with Crippen LogP contribution in [0, 0.1) is 0 Å². The van der Waals surface area contributed by atoms with Crippen LogP contribution in [0.1, 0.15) is 49.4 Å². The average molecular weight is 387 g/mol. The van der Waals surface area contributed by atoms with E-state index in [0.29, 0.717) is 16.5 Å². The molecule has 1 aliphatic carbocycles. The molecule has 142 valence electrons. The molecule has 0 radical (unpaired) electrons. The predicted octanol–water partition coefficient (Wildman–Crippen LogP) is 3.04. The maximum absolute atomic E-state index is 6.85. The molecule has 1 saturated carbocycles. The summed E-state index contributed by atoms with van der Waals surface area (Å²) in [6.07, 6.45) is 7.54. The molecule has 2 fully saturated rings. The SMILES string of the molecule is CNC1=Nc2c(cc(OC)c(-n3cc([C@@H]4CCCN4)nn3)c2Cl)C12CCC2. The Balaban J connectivity index is 1.63. The molecule has 3 heterocycles. The number of hydrogen-bond donors (Lipinski definition) is 2. The van der Waals surface area contributed by atoms with E-state index in [1.54, 1.807) is 11.8 Å². The molecule has 27 heavy (non-hydrogen) atoms. The number of aliphatic imine (C=N–C) groups is 1. The monoisotopic (exact) mass is 386 g/mol. The second kappa shape index (κ2) is 6.21. The Bertz CT molecular complexity index is 927. The summed E-state index contributed by atoms with van der Waals surface area (Å²) in [5, 5.41) is 16.0. The van der Waals surface area contributed by atoms with E-state index in [-0.39, 0.29) is 11.5 Å². The van der Waals surface area contributed by atoms with Crippen molar-refractivity contribution in [1.82, 2.24) is 25.6 Å². The van der Waals surface area contributed by atoms with Gasteiger partial charge in [-0.2, -0.15) is 0 Å². The van der Waals surface area contributed by atoms with Gasteiger partial charge in [0.1, 0.15) is 23.0 Å². The zero-order valence-electron chi connectivity index (χ0n) is 15.5. The predicted molar refractivity (Wildman–Crippen MR) is 105 cm³/mol. The molecule has 1 saturated heterocycles. The number of fused-ring (bicyclic) bond motifs is 2. The van der Waals surface area contributed by atoms with Crippen LogP contribution in [0.2, 0.25) is 5.02 Å². The van der Waals surface area contributed by atoms with Gasteiger partial charge in [-0.3, -0.25) is 0 Å². The number of nitrogens with zero attached hydrogens (tertiary/aromatic N) is 4. The first-order chi connectivity index (χ1) is 13.2. The van der Waals surface area contributed by atoms with E-state index in [4.69, 9.17) is 21.3 Å². The zero-order valence-corrected chi connectivity index (χ0v) is 16.3. The van der Waals surface area contributed by atoms with E-state index in [0.717, 1.165) is 55.0 Å². The Morgan fingerprint density at radius 3 is 2.85 bits per heavy atom. The summed E-state index contributed by atoms with van der Waals surface area (Å²) in [6, 6.07) is 2.34. The van der Waals surface area contributed by atoms with Crippen molar-refractivity contribution >= 4 is 23.1 Å². The van der Waals surface area contributed by atoms with Gasteiger partial charge in [0, 0.05) is 7.05 Å². The average Bonchev–Trinajstić information content (AvgIpc) is 3.37. The standard InChI is InChI=1S/C19H23ClN6O/c1-21-18-19(6-4-7-19)11-9-14(27-2)17(15(20)16(11)23-18)26-10-13(24-25-26)12-5-3-8-22-12/h9-10,12,22H,3-8H2,1-2H3,(H,21,23)/t12-/m0/s1. The van der Waals surface area contributed by atoms with Crippen molar-refractivity contribution < 1.29 is 4.74 Å². The quantitative estimate of drug-likeness (QED) is 0.847. The molecule has 0 unspecified atom stereocenters. The van der Waals surface area contributed by atoms with Gasteiger partial charge in [-0.25, -0.2) is 9.67 Å². The van der Waals surface area contributed by atoms with Crippen molar-refractivity contribution in [2.24, 2.45) is 4.99 Å². The van der Waals surface area contributed by atoms with E-state index >= 15 is 0 Å². The van der Waals surface area contributed by atoms with Crippen molar-refractivity contribution in [3.8, 4) is 11.4 Å². The number of amidine groups is 1. The van der Waals surface area contributed by atoms with Crippen molar-refractivity contribution in [3.63, 3.8) is 0 Å². The lowest BCUT2D eigenvalue weighted by atomic mass is 9.64. The van der Waals surface area contributed by atoms with Crippen LogP contribution in [0.5, 0.6) is 5.75 Å². The van der Waals surface area contributed by atoms with Crippen molar-refractivity contribution in [3.05, 3.63) is 28.5 Å². The minimum absolute atomic E-state index is 0.0408. The highest BCUT2D eigenvalue weighted by molar-refractivity contribution is 6.36. The summed E-state index contributed by atoms with van der Waals surface area (Å²) in [5.74, 6) is 1.70. The van der Waals surface area contributed by atoms with Gasteiger partial charge >= 0.3 is 0 Å². The Kier molecular flexibility index (Phi) is 3.91. The molecule has 1 aromatic heterocycles.